The maximum Gasteiger partial charge on any atom is 0.0340 e. The minimum atomic E-state index is 0.990. The Morgan fingerprint density at radius 2 is 2.05 bits per heavy atom. The van der Waals surface area contributed by atoms with Gasteiger partial charge in [-0.3, -0.25) is 0 Å². The minimum Gasteiger partial charge on any atom is -0.385 e. The van der Waals surface area contributed by atoms with Crippen molar-refractivity contribution in [2.24, 2.45) is 0 Å². The van der Waals surface area contributed by atoms with E-state index in [-0.39, 0.29) is 0 Å². The summed E-state index contributed by atoms with van der Waals surface area (Å²) in [5.41, 5.74) is 8.19. The summed E-state index contributed by atoms with van der Waals surface area (Å²) in [4.78, 5) is 0. The lowest BCUT2D eigenvalue weighted by Crippen LogP contribution is -2.12. The summed E-state index contributed by atoms with van der Waals surface area (Å²) in [5, 5.41) is 3.39. The molecule has 0 fully saturated rings. The summed E-state index contributed by atoms with van der Waals surface area (Å²) in [7, 11) is 0. The normalized spacial score (nSPS) is 14.9. The Hall–Kier alpha value is -1.50. The van der Waals surface area contributed by atoms with Crippen LogP contribution in [-0.2, 0) is 0 Å². The maximum atomic E-state index is 4.15. The molecule has 102 valence electrons. The molecule has 1 aliphatic rings. The highest BCUT2D eigenvalue weighted by molar-refractivity contribution is 5.75. The van der Waals surface area contributed by atoms with Gasteiger partial charge < -0.3 is 5.32 Å². The van der Waals surface area contributed by atoms with Gasteiger partial charge in [0.05, 0.1) is 0 Å². The molecule has 0 saturated heterocycles. The lowest BCUT2D eigenvalue weighted by Gasteiger charge is -2.14. The van der Waals surface area contributed by atoms with Gasteiger partial charge in [0.1, 0.15) is 0 Å². The molecule has 0 radical (unpaired) electrons. The first-order valence-corrected chi connectivity index (χ1v) is 7.36. The summed E-state index contributed by atoms with van der Waals surface area (Å²) in [6.07, 6.45) is 4.92. The molecule has 1 aromatic rings. The van der Waals surface area contributed by atoms with Crippen LogP contribution in [0.5, 0.6) is 0 Å². The topological polar surface area (TPSA) is 12.0 Å². The van der Waals surface area contributed by atoms with Crippen molar-refractivity contribution >= 4 is 11.3 Å². The number of nitrogens with one attached hydrogen (secondary N) is 1. The average molecular weight is 255 g/mol. The molecule has 19 heavy (non-hydrogen) atoms. The molecule has 0 atom stereocenters. The third-order valence-corrected chi connectivity index (χ3v) is 3.99. The van der Waals surface area contributed by atoms with Crippen molar-refractivity contribution in [1.29, 1.82) is 0 Å². The second kappa shape index (κ2) is 6.10. The van der Waals surface area contributed by atoms with Crippen molar-refractivity contribution < 1.29 is 0 Å². The summed E-state index contributed by atoms with van der Waals surface area (Å²) >= 11 is 0. The van der Waals surface area contributed by atoms with Gasteiger partial charge >= 0.3 is 0 Å². The zero-order valence-electron chi connectivity index (χ0n) is 12.5. The van der Waals surface area contributed by atoms with Crippen molar-refractivity contribution in [1.82, 2.24) is 5.32 Å². The van der Waals surface area contributed by atoms with Gasteiger partial charge in [-0.05, 0) is 67.9 Å². The monoisotopic (exact) mass is 255 g/mol. The molecule has 2 rings (SSSR count). The molecule has 0 aliphatic heterocycles. The highest BCUT2D eigenvalue weighted by Crippen LogP contribution is 2.35. The Bertz CT molecular complexity index is 508. The zero-order valence-corrected chi connectivity index (χ0v) is 12.5. The van der Waals surface area contributed by atoms with Crippen LogP contribution in [0, 0.1) is 6.92 Å². The molecular formula is C18H25N. The Balaban J connectivity index is 2.30. The van der Waals surface area contributed by atoms with Crippen LogP contribution in [0.1, 0.15) is 56.2 Å². The zero-order chi connectivity index (χ0) is 13.8. The Morgan fingerprint density at radius 1 is 1.26 bits per heavy atom. The molecule has 0 aromatic heterocycles. The maximum absolute atomic E-state index is 4.15. The van der Waals surface area contributed by atoms with Crippen LogP contribution in [0.25, 0.3) is 11.3 Å². The second-order valence-corrected chi connectivity index (χ2v) is 5.55. The van der Waals surface area contributed by atoms with Gasteiger partial charge in [0, 0.05) is 12.2 Å². The Labute approximate surface area is 117 Å². The van der Waals surface area contributed by atoms with Crippen molar-refractivity contribution in [2.45, 2.75) is 46.5 Å². The number of benzene rings is 1. The van der Waals surface area contributed by atoms with Crippen LogP contribution in [0.2, 0.25) is 0 Å². The van der Waals surface area contributed by atoms with E-state index in [4.69, 9.17) is 0 Å². The van der Waals surface area contributed by atoms with Gasteiger partial charge in [0.15, 0.2) is 0 Å². The fraction of sp³-hybridized carbons (Fsp3) is 0.444. The molecule has 0 unspecified atom stereocenters. The van der Waals surface area contributed by atoms with Crippen LogP contribution in [-0.4, -0.2) is 6.54 Å². The molecule has 1 heteroatoms. The minimum absolute atomic E-state index is 0.990. The van der Waals surface area contributed by atoms with Gasteiger partial charge in [0.25, 0.3) is 0 Å². The molecule has 0 saturated carbocycles. The van der Waals surface area contributed by atoms with Crippen molar-refractivity contribution in [3.8, 4) is 0 Å². The first-order chi connectivity index (χ1) is 9.13. The highest BCUT2D eigenvalue weighted by Gasteiger charge is 2.15. The summed E-state index contributed by atoms with van der Waals surface area (Å²) < 4.78 is 0. The third-order valence-electron chi connectivity index (χ3n) is 3.99. The molecule has 1 nitrogen and oxygen atoms in total. The molecule has 0 amide bonds. The fourth-order valence-corrected chi connectivity index (χ4v) is 2.77. The number of rotatable bonds is 5. The van der Waals surface area contributed by atoms with Gasteiger partial charge in [0.2, 0.25) is 0 Å². The molecule has 1 aromatic carbocycles. The van der Waals surface area contributed by atoms with E-state index in [0.29, 0.717) is 0 Å². The van der Waals surface area contributed by atoms with Crippen molar-refractivity contribution in [3.05, 3.63) is 47.0 Å². The standard InChI is InChI=1S/C18H25N/c1-5-11-19-15(4)16-10-9-14(3)18(12-16)17-8-6-7-13(17)2/h9-10,12,19H,4-8,11H2,1-3H3. The van der Waals surface area contributed by atoms with E-state index in [0.717, 1.165) is 18.7 Å². The largest absolute Gasteiger partial charge is 0.385 e. The van der Waals surface area contributed by atoms with Crippen LogP contribution in [0.15, 0.2) is 30.4 Å². The van der Waals surface area contributed by atoms with E-state index in [1.807, 2.05) is 0 Å². The van der Waals surface area contributed by atoms with Gasteiger partial charge in [-0.2, -0.15) is 0 Å². The Kier molecular flexibility index (Phi) is 4.47. The van der Waals surface area contributed by atoms with E-state index in [9.17, 15) is 0 Å². The first-order valence-electron chi connectivity index (χ1n) is 7.36. The van der Waals surface area contributed by atoms with Gasteiger partial charge in [-0.15, -0.1) is 0 Å². The molecular weight excluding hydrogens is 230 g/mol. The molecule has 0 spiro atoms. The lowest BCUT2D eigenvalue weighted by molar-refractivity contribution is 0.824. The van der Waals surface area contributed by atoms with Crippen LogP contribution in [0.3, 0.4) is 0 Å². The third kappa shape index (κ3) is 3.09. The number of allylic oxidation sites excluding steroid dienone is 2. The van der Waals surface area contributed by atoms with E-state index < -0.39 is 0 Å². The van der Waals surface area contributed by atoms with Crippen LogP contribution in [0.4, 0.5) is 0 Å². The van der Waals surface area contributed by atoms with Crippen LogP contribution < -0.4 is 5.32 Å². The predicted molar refractivity (Wildman–Crippen MR) is 85.0 cm³/mol. The number of hydrogen-bond acceptors (Lipinski definition) is 1. The Morgan fingerprint density at radius 3 is 2.68 bits per heavy atom. The number of aryl methyl sites for hydroxylation is 1. The van der Waals surface area contributed by atoms with Crippen molar-refractivity contribution in [3.63, 3.8) is 0 Å². The van der Waals surface area contributed by atoms with Gasteiger partial charge in [-0.25, -0.2) is 0 Å². The first kappa shape index (κ1) is 13.9. The van der Waals surface area contributed by atoms with E-state index in [2.05, 4.69) is 50.9 Å². The predicted octanol–water partition coefficient (Wildman–Crippen LogP) is 4.92. The summed E-state index contributed by atoms with van der Waals surface area (Å²) in [5.74, 6) is 0. The van der Waals surface area contributed by atoms with E-state index in [1.54, 1.807) is 11.1 Å². The smallest absolute Gasteiger partial charge is 0.0340 e. The van der Waals surface area contributed by atoms with Gasteiger partial charge in [-0.1, -0.05) is 31.2 Å². The lowest BCUT2D eigenvalue weighted by atomic mass is 9.95. The molecule has 1 aliphatic carbocycles. The molecule has 0 bridgehead atoms. The average Bonchev–Trinajstić information content (AvgIpc) is 2.82. The molecule has 0 heterocycles. The van der Waals surface area contributed by atoms with E-state index in [1.165, 1.54) is 36.0 Å². The van der Waals surface area contributed by atoms with Crippen LogP contribution >= 0.6 is 0 Å². The quantitative estimate of drug-likeness (QED) is 0.787. The fourth-order valence-electron chi connectivity index (χ4n) is 2.77. The second-order valence-electron chi connectivity index (χ2n) is 5.55. The highest BCUT2D eigenvalue weighted by atomic mass is 14.9. The SMILES string of the molecule is C=C(NCCC)c1ccc(C)c(C2=C(C)CCC2)c1. The summed E-state index contributed by atoms with van der Waals surface area (Å²) in [6, 6.07) is 6.71. The molecule has 1 N–H and O–H groups in total. The van der Waals surface area contributed by atoms with E-state index >= 15 is 0 Å². The summed E-state index contributed by atoms with van der Waals surface area (Å²) in [6.45, 7) is 11.8. The number of hydrogen-bond donors (Lipinski definition) is 1. The van der Waals surface area contributed by atoms with Crippen molar-refractivity contribution in [2.75, 3.05) is 6.54 Å².